The first-order valence-electron chi connectivity index (χ1n) is 3.29. The van der Waals surface area contributed by atoms with E-state index in [4.69, 9.17) is 34.8 Å². The molecule has 0 atom stereocenters. The van der Waals surface area contributed by atoms with Crippen LogP contribution in [0.5, 0.6) is 0 Å². The van der Waals surface area contributed by atoms with Crippen LogP contribution in [0.3, 0.4) is 0 Å². The second-order valence-electron chi connectivity index (χ2n) is 1.89. The highest BCUT2D eigenvalue weighted by molar-refractivity contribution is 9.12. The lowest BCUT2D eigenvalue weighted by Crippen LogP contribution is -2.01. The Hall–Kier alpha value is 0.580. The van der Waals surface area contributed by atoms with E-state index in [1.54, 1.807) is 0 Å². The number of halogens is 4. The number of rotatable bonds is 4. The second-order valence-corrected chi connectivity index (χ2v) is 5.77. The largest absolute Gasteiger partial charge is 0.314 e. The molecule has 0 saturated heterocycles. The van der Waals surface area contributed by atoms with Crippen molar-refractivity contribution in [1.82, 2.24) is 0 Å². The summed E-state index contributed by atoms with van der Waals surface area (Å²) in [7, 11) is 0. The number of hydrogen-bond donors (Lipinski definition) is 0. The van der Waals surface area contributed by atoms with Crippen molar-refractivity contribution in [2.75, 3.05) is 5.75 Å². The topological polar surface area (TPSA) is 43.1 Å². The third-order valence-corrected chi connectivity index (χ3v) is 3.53. The molecule has 0 amide bonds. The molecule has 0 N–H and O–H groups in total. The summed E-state index contributed by atoms with van der Waals surface area (Å²) in [6.45, 7) is 1.82. The van der Waals surface area contributed by atoms with Crippen molar-refractivity contribution in [2.24, 2.45) is 0 Å². The van der Waals surface area contributed by atoms with Gasteiger partial charge < -0.3 is 0 Å². The summed E-state index contributed by atoms with van der Waals surface area (Å²) in [5.41, 5.74) is -0.387. The summed E-state index contributed by atoms with van der Waals surface area (Å²) in [6, 6.07) is 0. The Morgan fingerprint density at radius 1 is 1.50 bits per heavy atom. The lowest BCUT2D eigenvalue weighted by Gasteiger charge is -2.00. The molecule has 0 unspecified atom stereocenters. The Bertz CT molecular complexity index is 301. The van der Waals surface area contributed by atoms with Crippen LogP contribution in [-0.4, -0.2) is 10.7 Å². The normalized spacial score (nSPS) is 14.6. The first kappa shape index (κ1) is 14.6. The fourth-order valence-corrected chi connectivity index (χ4v) is 2.13. The predicted octanol–water partition coefficient (Wildman–Crippen LogP) is 4.47. The van der Waals surface area contributed by atoms with Crippen LogP contribution in [-0.2, 0) is 0 Å². The average Bonchev–Trinajstić information content (AvgIpc) is 2.03. The van der Waals surface area contributed by atoms with E-state index in [9.17, 15) is 10.1 Å². The van der Waals surface area contributed by atoms with Gasteiger partial charge in [0.15, 0.2) is 4.36 Å². The molecular weight excluding hydrogens is 336 g/mol. The molecule has 0 rings (SSSR count). The molecule has 3 nitrogen and oxygen atoms in total. The van der Waals surface area contributed by atoms with Crippen LogP contribution in [0.15, 0.2) is 19.0 Å². The van der Waals surface area contributed by atoms with Crippen LogP contribution in [0.4, 0.5) is 0 Å². The van der Waals surface area contributed by atoms with Crippen LogP contribution < -0.4 is 0 Å². The molecule has 0 aliphatic rings. The molecule has 0 aromatic rings. The van der Waals surface area contributed by atoms with Crippen molar-refractivity contribution in [2.45, 2.75) is 6.92 Å². The van der Waals surface area contributed by atoms with Gasteiger partial charge in [0.2, 0.25) is 0 Å². The van der Waals surface area contributed by atoms with Crippen molar-refractivity contribution >= 4 is 62.5 Å². The Labute approximate surface area is 109 Å². The Kier molecular flexibility index (Phi) is 7.24. The van der Waals surface area contributed by atoms with Crippen molar-refractivity contribution in [1.29, 1.82) is 0 Å². The van der Waals surface area contributed by atoms with Crippen LogP contribution in [0.2, 0.25) is 0 Å². The van der Waals surface area contributed by atoms with E-state index in [0.29, 0.717) is 5.75 Å². The molecule has 0 saturated carbocycles. The molecule has 0 aliphatic heterocycles. The molecule has 8 heteroatoms. The van der Waals surface area contributed by atoms with E-state index >= 15 is 0 Å². The molecule has 0 radical (unpaired) electrons. The van der Waals surface area contributed by atoms with E-state index in [2.05, 4.69) is 15.9 Å². The number of allylic oxidation sites excluding steroid dienone is 1. The zero-order valence-electron chi connectivity index (χ0n) is 6.89. The third kappa shape index (κ3) is 4.40. The minimum Gasteiger partial charge on any atom is -0.258 e. The third-order valence-electron chi connectivity index (χ3n) is 1.01. The highest BCUT2D eigenvalue weighted by Crippen LogP contribution is 2.34. The molecule has 0 aromatic heterocycles. The first-order chi connectivity index (χ1) is 6.41. The molecular formula is C6H5BrCl3NO2S. The van der Waals surface area contributed by atoms with E-state index in [1.807, 2.05) is 6.92 Å². The van der Waals surface area contributed by atoms with Crippen LogP contribution in [0.1, 0.15) is 6.92 Å². The van der Waals surface area contributed by atoms with Gasteiger partial charge in [-0.2, -0.15) is 0 Å². The van der Waals surface area contributed by atoms with Crippen molar-refractivity contribution < 1.29 is 4.92 Å². The molecule has 0 bridgehead atoms. The number of nitrogens with zero attached hydrogens (tertiary/aromatic N) is 1. The monoisotopic (exact) mass is 339 g/mol. The Morgan fingerprint density at radius 2 is 2.00 bits per heavy atom. The van der Waals surface area contributed by atoms with Gasteiger partial charge in [-0.1, -0.05) is 41.7 Å². The molecule has 14 heavy (non-hydrogen) atoms. The van der Waals surface area contributed by atoms with Crippen molar-refractivity contribution in [3.63, 3.8) is 0 Å². The standard InChI is InChI=1S/C6H5BrCl3NO2S/c1-2-14-6(10)4(11(12)13)3(8)5(7)9/h2H2,1H3/b5-3+,6-4-. The molecule has 0 aliphatic carbocycles. The van der Waals surface area contributed by atoms with Crippen molar-refractivity contribution in [3.8, 4) is 0 Å². The van der Waals surface area contributed by atoms with Gasteiger partial charge in [-0.3, -0.25) is 10.1 Å². The fourth-order valence-electron chi connectivity index (χ4n) is 0.523. The lowest BCUT2D eigenvalue weighted by atomic mass is 10.5. The summed E-state index contributed by atoms with van der Waals surface area (Å²) in [5, 5.41) is 10.4. The van der Waals surface area contributed by atoms with Gasteiger partial charge in [0.05, 0.1) is 4.92 Å². The summed E-state index contributed by atoms with van der Waals surface area (Å²) < 4.78 is -0.0270. The van der Waals surface area contributed by atoms with Gasteiger partial charge in [0.1, 0.15) is 8.97 Å². The van der Waals surface area contributed by atoms with E-state index in [-0.39, 0.29) is 19.0 Å². The van der Waals surface area contributed by atoms with Crippen LogP contribution >= 0.6 is 62.5 Å². The molecule has 80 valence electrons. The quantitative estimate of drug-likeness (QED) is 0.430. The highest BCUT2D eigenvalue weighted by atomic mass is 79.9. The predicted molar refractivity (Wildman–Crippen MR) is 65.7 cm³/mol. The summed E-state index contributed by atoms with van der Waals surface area (Å²) in [6.07, 6.45) is 0. The van der Waals surface area contributed by atoms with Gasteiger partial charge in [-0.25, -0.2) is 0 Å². The fraction of sp³-hybridized carbons (Fsp3) is 0.333. The van der Waals surface area contributed by atoms with Gasteiger partial charge >= 0.3 is 5.70 Å². The SMILES string of the molecule is CCS/C(Cl)=C(/C(Cl)=C(\Cl)Br)[N+](=O)[O-]. The highest BCUT2D eigenvalue weighted by Gasteiger charge is 2.23. The smallest absolute Gasteiger partial charge is 0.258 e. The van der Waals surface area contributed by atoms with Gasteiger partial charge in [-0.05, 0) is 21.7 Å². The zero-order valence-corrected chi connectivity index (χ0v) is 11.6. The van der Waals surface area contributed by atoms with E-state index < -0.39 is 4.92 Å². The lowest BCUT2D eigenvalue weighted by molar-refractivity contribution is -0.419. The minimum atomic E-state index is -0.670. The molecule has 0 spiro atoms. The molecule has 0 fully saturated rings. The second kappa shape index (κ2) is 6.95. The zero-order chi connectivity index (χ0) is 11.3. The Balaban J connectivity index is 5.26. The molecule has 0 heterocycles. The summed E-state index contributed by atoms with van der Waals surface area (Å²) in [4.78, 5) is 9.94. The van der Waals surface area contributed by atoms with Crippen LogP contribution in [0.25, 0.3) is 0 Å². The van der Waals surface area contributed by atoms with E-state index in [0.717, 1.165) is 11.8 Å². The van der Waals surface area contributed by atoms with Crippen molar-refractivity contribution in [3.05, 3.63) is 29.1 Å². The maximum Gasteiger partial charge on any atom is 0.314 e. The molecule has 0 aromatic carbocycles. The number of nitro groups is 1. The van der Waals surface area contributed by atoms with Crippen LogP contribution in [0, 0.1) is 10.1 Å². The maximum absolute atomic E-state index is 10.6. The Morgan fingerprint density at radius 3 is 2.29 bits per heavy atom. The van der Waals surface area contributed by atoms with E-state index in [1.165, 1.54) is 0 Å². The number of hydrogen-bond acceptors (Lipinski definition) is 3. The summed E-state index contributed by atoms with van der Waals surface area (Å²) >= 11 is 20.7. The van der Waals surface area contributed by atoms with Gasteiger partial charge in [0.25, 0.3) is 0 Å². The van der Waals surface area contributed by atoms with Gasteiger partial charge in [-0.15, -0.1) is 11.8 Å². The minimum absolute atomic E-state index is 0.0140. The first-order valence-corrected chi connectivity index (χ1v) is 6.21. The number of thioether (sulfide) groups is 1. The average molecular weight is 341 g/mol. The van der Waals surface area contributed by atoms with Gasteiger partial charge in [0, 0.05) is 0 Å². The summed E-state index contributed by atoms with van der Waals surface area (Å²) in [5.74, 6) is 0.611. The maximum atomic E-state index is 10.6.